The second kappa shape index (κ2) is 8.24. The maximum absolute atomic E-state index is 13.0. The summed E-state index contributed by atoms with van der Waals surface area (Å²) in [7, 11) is 0. The van der Waals surface area contributed by atoms with Crippen molar-refractivity contribution in [3.05, 3.63) is 46.6 Å². The van der Waals surface area contributed by atoms with Gasteiger partial charge in [-0.2, -0.15) is 4.98 Å². The van der Waals surface area contributed by atoms with Crippen molar-refractivity contribution in [3.63, 3.8) is 0 Å². The molecule has 1 amide bonds. The first-order valence-electron chi connectivity index (χ1n) is 10.8. The molecule has 3 aliphatic heterocycles. The van der Waals surface area contributed by atoms with Gasteiger partial charge in [0.25, 0.3) is 5.91 Å². The molecule has 154 valence electrons. The summed E-state index contributed by atoms with van der Waals surface area (Å²) in [6.45, 7) is 4.80. The lowest BCUT2D eigenvalue weighted by atomic mass is 9.92. The van der Waals surface area contributed by atoms with E-state index in [0.717, 1.165) is 88.8 Å². The van der Waals surface area contributed by atoms with E-state index in [4.69, 9.17) is 9.26 Å². The summed E-state index contributed by atoms with van der Waals surface area (Å²) in [5.41, 5.74) is 3.29. The molecule has 7 heteroatoms. The van der Waals surface area contributed by atoms with Gasteiger partial charge in [-0.05, 0) is 48.8 Å². The Balaban J connectivity index is 1.17. The first-order valence-corrected chi connectivity index (χ1v) is 10.8. The number of benzene rings is 1. The second-order valence-electron chi connectivity index (χ2n) is 8.42. The van der Waals surface area contributed by atoms with Crippen molar-refractivity contribution in [1.82, 2.24) is 20.4 Å². The Morgan fingerprint density at radius 3 is 2.79 bits per heavy atom. The van der Waals surface area contributed by atoms with Crippen LogP contribution < -0.4 is 5.32 Å². The molecule has 7 nitrogen and oxygen atoms in total. The molecule has 2 fully saturated rings. The smallest absolute Gasteiger partial charge is 0.254 e. The van der Waals surface area contributed by atoms with Crippen LogP contribution in [0.4, 0.5) is 0 Å². The summed E-state index contributed by atoms with van der Waals surface area (Å²) in [6, 6.07) is 6.07. The number of ether oxygens (including phenoxy) is 1. The SMILES string of the molecule is O=C(c1cccc2c1CNC2)N1CCC(Cc2nc(C3CCOCC3)no2)CC1. The molecule has 0 radical (unpaired) electrons. The second-order valence-corrected chi connectivity index (χ2v) is 8.42. The Morgan fingerprint density at radius 2 is 1.97 bits per heavy atom. The van der Waals surface area contributed by atoms with Crippen molar-refractivity contribution in [3.8, 4) is 0 Å². The van der Waals surface area contributed by atoms with E-state index in [0.29, 0.717) is 11.8 Å². The Bertz CT molecular complexity index is 867. The highest BCUT2D eigenvalue weighted by Gasteiger charge is 2.28. The average molecular weight is 396 g/mol. The zero-order chi connectivity index (χ0) is 19.6. The molecular formula is C22H28N4O3. The lowest BCUT2D eigenvalue weighted by molar-refractivity contribution is 0.0686. The number of amides is 1. The number of hydrogen-bond acceptors (Lipinski definition) is 6. The van der Waals surface area contributed by atoms with Gasteiger partial charge in [0, 0.05) is 57.3 Å². The van der Waals surface area contributed by atoms with Gasteiger partial charge in [-0.3, -0.25) is 4.79 Å². The van der Waals surface area contributed by atoms with Crippen LogP contribution in [-0.4, -0.2) is 47.3 Å². The van der Waals surface area contributed by atoms with Crippen LogP contribution >= 0.6 is 0 Å². The van der Waals surface area contributed by atoms with Crippen LogP contribution in [0.15, 0.2) is 22.7 Å². The summed E-state index contributed by atoms with van der Waals surface area (Å²) in [5, 5.41) is 7.55. The summed E-state index contributed by atoms with van der Waals surface area (Å²) in [5.74, 6) is 2.60. The molecule has 2 aromatic rings. The number of hydrogen-bond donors (Lipinski definition) is 1. The van der Waals surface area contributed by atoms with Gasteiger partial charge >= 0.3 is 0 Å². The summed E-state index contributed by atoms with van der Waals surface area (Å²) in [4.78, 5) is 19.7. The lowest BCUT2D eigenvalue weighted by Crippen LogP contribution is -2.39. The van der Waals surface area contributed by atoms with E-state index < -0.39 is 0 Å². The van der Waals surface area contributed by atoms with E-state index >= 15 is 0 Å². The molecule has 5 rings (SSSR count). The molecule has 1 aromatic heterocycles. The molecule has 0 unspecified atom stereocenters. The summed E-state index contributed by atoms with van der Waals surface area (Å²) in [6.07, 6.45) is 4.71. The van der Waals surface area contributed by atoms with Crippen molar-refractivity contribution in [2.24, 2.45) is 5.92 Å². The standard InChI is InChI=1S/C22H28N4O3/c27-22(18-3-1-2-17-13-23-14-19(17)18)26-8-4-15(5-9-26)12-20-24-21(25-29-20)16-6-10-28-11-7-16/h1-3,15-16,23H,4-14H2. The largest absolute Gasteiger partial charge is 0.381 e. The maximum Gasteiger partial charge on any atom is 0.254 e. The van der Waals surface area contributed by atoms with Crippen molar-refractivity contribution in [2.75, 3.05) is 26.3 Å². The van der Waals surface area contributed by atoms with Crippen molar-refractivity contribution >= 4 is 5.91 Å². The minimum atomic E-state index is 0.170. The summed E-state index contributed by atoms with van der Waals surface area (Å²) < 4.78 is 10.9. The Labute approximate surface area is 170 Å². The fourth-order valence-electron chi connectivity index (χ4n) is 4.76. The maximum atomic E-state index is 13.0. The third-order valence-corrected chi connectivity index (χ3v) is 6.56. The number of piperidine rings is 1. The molecule has 1 aromatic carbocycles. The van der Waals surface area contributed by atoms with Crippen molar-refractivity contribution < 1.29 is 14.1 Å². The Kier molecular flexibility index (Phi) is 5.33. The zero-order valence-corrected chi connectivity index (χ0v) is 16.7. The first-order chi connectivity index (χ1) is 14.3. The lowest BCUT2D eigenvalue weighted by Gasteiger charge is -2.32. The van der Waals surface area contributed by atoms with Gasteiger partial charge in [0.2, 0.25) is 5.89 Å². The fraction of sp³-hybridized carbons (Fsp3) is 0.591. The molecule has 3 aliphatic rings. The molecule has 0 atom stereocenters. The minimum Gasteiger partial charge on any atom is -0.381 e. The van der Waals surface area contributed by atoms with E-state index in [1.165, 1.54) is 11.1 Å². The van der Waals surface area contributed by atoms with Gasteiger partial charge in [0.05, 0.1) is 0 Å². The van der Waals surface area contributed by atoms with Crippen LogP contribution in [0.1, 0.15) is 64.8 Å². The first kappa shape index (κ1) is 18.8. The number of nitrogens with one attached hydrogen (secondary N) is 1. The molecule has 29 heavy (non-hydrogen) atoms. The topological polar surface area (TPSA) is 80.5 Å². The highest BCUT2D eigenvalue weighted by atomic mass is 16.5. The van der Waals surface area contributed by atoms with E-state index in [9.17, 15) is 4.79 Å². The molecular weight excluding hydrogens is 368 g/mol. The van der Waals surface area contributed by atoms with Gasteiger partial charge in [-0.25, -0.2) is 0 Å². The van der Waals surface area contributed by atoms with Crippen molar-refractivity contribution in [1.29, 1.82) is 0 Å². The van der Waals surface area contributed by atoms with E-state index in [-0.39, 0.29) is 5.91 Å². The number of fused-ring (bicyclic) bond motifs is 1. The molecule has 2 saturated heterocycles. The third kappa shape index (κ3) is 3.94. The van der Waals surface area contributed by atoms with Crippen LogP contribution in [0.3, 0.4) is 0 Å². The highest BCUT2D eigenvalue weighted by Crippen LogP contribution is 2.27. The number of carbonyl (C=O) groups is 1. The Hall–Kier alpha value is -2.25. The molecule has 1 N–H and O–H groups in total. The number of aromatic nitrogens is 2. The van der Waals surface area contributed by atoms with E-state index in [1.807, 2.05) is 17.0 Å². The molecule has 0 spiro atoms. The van der Waals surface area contributed by atoms with Gasteiger partial charge < -0.3 is 19.5 Å². The third-order valence-electron chi connectivity index (χ3n) is 6.56. The van der Waals surface area contributed by atoms with Crippen LogP contribution in [0, 0.1) is 5.92 Å². The molecule has 4 heterocycles. The van der Waals surface area contributed by atoms with Crippen LogP contribution in [0.2, 0.25) is 0 Å². The molecule has 0 aliphatic carbocycles. The average Bonchev–Trinajstić information content (AvgIpc) is 3.44. The van der Waals surface area contributed by atoms with Crippen LogP contribution in [-0.2, 0) is 24.2 Å². The van der Waals surface area contributed by atoms with Crippen molar-refractivity contribution in [2.45, 2.75) is 51.1 Å². The highest BCUT2D eigenvalue weighted by molar-refractivity contribution is 5.96. The number of likely N-dealkylation sites (tertiary alicyclic amines) is 1. The predicted molar refractivity (Wildman–Crippen MR) is 106 cm³/mol. The number of rotatable bonds is 4. The monoisotopic (exact) mass is 396 g/mol. The van der Waals surface area contributed by atoms with E-state index in [2.05, 4.69) is 21.5 Å². The minimum absolute atomic E-state index is 0.170. The molecule has 0 bridgehead atoms. The normalized spacial score (nSPS) is 20.8. The quantitative estimate of drug-likeness (QED) is 0.856. The zero-order valence-electron chi connectivity index (χ0n) is 16.7. The summed E-state index contributed by atoms with van der Waals surface area (Å²) >= 11 is 0. The van der Waals surface area contributed by atoms with Crippen LogP contribution in [0.5, 0.6) is 0 Å². The predicted octanol–water partition coefficient (Wildman–Crippen LogP) is 2.66. The number of carbonyl (C=O) groups excluding carboxylic acids is 1. The Morgan fingerprint density at radius 1 is 1.14 bits per heavy atom. The number of nitrogens with zero attached hydrogens (tertiary/aromatic N) is 3. The van der Waals surface area contributed by atoms with Gasteiger partial charge in [0.15, 0.2) is 5.82 Å². The van der Waals surface area contributed by atoms with Gasteiger partial charge in [0.1, 0.15) is 0 Å². The van der Waals surface area contributed by atoms with Gasteiger partial charge in [-0.1, -0.05) is 17.3 Å². The molecule has 0 saturated carbocycles. The van der Waals surface area contributed by atoms with E-state index in [1.54, 1.807) is 0 Å². The van der Waals surface area contributed by atoms with Crippen LogP contribution in [0.25, 0.3) is 0 Å². The van der Waals surface area contributed by atoms with Gasteiger partial charge in [-0.15, -0.1) is 0 Å². The fourth-order valence-corrected chi connectivity index (χ4v) is 4.76.